The van der Waals surface area contributed by atoms with Crippen molar-refractivity contribution in [2.24, 2.45) is 5.92 Å². The van der Waals surface area contributed by atoms with Gasteiger partial charge in [0.1, 0.15) is 0 Å². The van der Waals surface area contributed by atoms with E-state index in [1.165, 1.54) is 30.4 Å². The van der Waals surface area contributed by atoms with Crippen molar-refractivity contribution in [3.8, 4) is 0 Å². The molecule has 2 aliphatic rings. The number of aromatic carboxylic acids is 1. The number of hydrogen-bond acceptors (Lipinski definition) is 3. The van der Waals surface area contributed by atoms with E-state index in [0.717, 1.165) is 32.1 Å². The van der Waals surface area contributed by atoms with Gasteiger partial charge in [-0.15, -0.1) is 24.8 Å². The minimum absolute atomic E-state index is 0. The normalized spacial score (nSPS) is 21.7. The van der Waals surface area contributed by atoms with Crippen LogP contribution in [0.25, 0.3) is 0 Å². The number of rotatable bonds is 7. The van der Waals surface area contributed by atoms with Crippen LogP contribution >= 0.6 is 24.8 Å². The summed E-state index contributed by atoms with van der Waals surface area (Å²) in [5.41, 5.74) is 3.02. The fraction of sp³-hybridized carbons (Fsp3) is 0.435. The monoisotopic (exact) mass is 436 g/mol. The van der Waals surface area contributed by atoms with E-state index in [9.17, 15) is 4.79 Å². The molecule has 1 aliphatic heterocycles. The van der Waals surface area contributed by atoms with E-state index in [2.05, 4.69) is 40.5 Å². The topological polar surface area (TPSA) is 52.6 Å². The summed E-state index contributed by atoms with van der Waals surface area (Å²) in [6.45, 7) is 4.30. The average Bonchev–Trinajstić information content (AvgIpc) is 3.48. The summed E-state index contributed by atoms with van der Waals surface area (Å²) in [6.07, 6.45) is 3.75. The van der Waals surface area contributed by atoms with E-state index < -0.39 is 5.97 Å². The second-order valence-electron chi connectivity index (χ2n) is 7.99. The zero-order valence-electron chi connectivity index (χ0n) is 16.5. The summed E-state index contributed by atoms with van der Waals surface area (Å²) >= 11 is 0. The van der Waals surface area contributed by atoms with Crippen molar-refractivity contribution in [1.29, 1.82) is 0 Å². The number of carboxylic acid groups (broad SMARTS) is 1. The molecule has 0 spiro atoms. The van der Waals surface area contributed by atoms with Crippen LogP contribution in [0.2, 0.25) is 0 Å². The lowest BCUT2D eigenvalue weighted by Crippen LogP contribution is -2.37. The maximum absolute atomic E-state index is 10.9. The van der Waals surface area contributed by atoms with Crippen LogP contribution in [-0.4, -0.2) is 41.7 Å². The van der Waals surface area contributed by atoms with Crippen molar-refractivity contribution in [2.75, 3.05) is 19.6 Å². The van der Waals surface area contributed by atoms with Gasteiger partial charge in [-0.2, -0.15) is 0 Å². The summed E-state index contributed by atoms with van der Waals surface area (Å²) in [7, 11) is 0. The van der Waals surface area contributed by atoms with Gasteiger partial charge in [0, 0.05) is 18.5 Å². The van der Waals surface area contributed by atoms with Crippen molar-refractivity contribution in [3.63, 3.8) is 0 Å². The number of carboxylic acids is 1. The number of likely N-dealkylation sites (tertiary alicyclic amines) is 1. The number of nitrogens with zero attached hydrogens (tertiary/aromatic N) is 1. The number of hydrogen-bond donors (Lipinski definition) is 2. The molecule has 1 saturated heterocycles. The van der Waals surface area contributed by atoms with Crippen molar-refractivity contribution >= 4 is 30.8 Å². The number of piperidine rings is 1. The van der Waals surface area contributed by atoms with Crippen molar-refractivity contribution in [3.05, 3.63) is 71.3 Å². The molecule has 0 amide bonds. The Kier molecular flexibility index (Phi) is 8.97. The van der Waals surface area contributed by atoms with Gasteiger partial charge >= 0.3 is 5.97 Å². The average molecular weight is 437 g/mol. The highest BCUT2D eigenvalue weighted by atomic mass is 35.5. The molecule has 6 heteroatoms. The zero-order chi connectivity index (χ0) is 18.6. The van der Waals surface area contributed by atoms with Crippen LogP contribution in [0.3, 0.4) is 0 Å². The minimum atomic E-state index is -0.861. The zero-order valence-corrected chi connectivity index (χ0v) is 18.1. The Morgan fingerprint density at radius 3 is 2.28 bits per heavy atom. The first-order valence-corrected chi connectivity index (χ1v) is 10.0. The molecule has 1 aliphatic carbocycles. The molecule has 4 rings (SSSR count). The van der Waals surface area contributed by atoms with Crippen LogP contribution in [0.15, 0.2) is 54.6 Å². The van der Waals surface area contributed by atoms with Crippen LogP contribution in [0.1, 0.15) is 46.7 Å². The van der Waals surface area contributed by atoms with E-state index in [-0.39, 0.29) is 24.8 Å². The van der Waals surface area contributed by atoms with Gasteiger partial charge in [-0.3, -0.25) is 4.90 Å². The molecule has 0 aromatic heterocycles. The fourth-order valence-corrected chi connectivity index (χ4v) is 4.17. The first-order chi connectivity index (χ1) is 13.2. The van der Waals surface area contributed by atoms with Gasteiger partial charge in [0.25, 0.3) is 0 Å². The lowest BCUT2D eigenvalue weighted by molar-refractivity contribution is 0.0697. The Morgan fingerprint density at radius 2 is 1.66 bits per heavy atom. The predicted molar refractivity (Wildman–Crippen MR) is 121 cm³/mol. The quantitative estimate of drug-likeness (QED) is 0.666. The van der Waals surface area contributed by atoms with E-state index >= 15 is 0 Å². The third kappa shape index (κ3) is 6.45. The number of carbonyl (C=O) groups is 1. The molecule has 2 aromatic rings. The van der Waals surface area contributed by atoms with Gasteiger partial charge in [0.15, 0.2) is 0 Å². The molecule has 158 valence electrons. The first kappa shape index (κ1) is 23.7. The van der Waals surface area contributed by atoms with Gasteiger partial charge in [0.2, 0.25) is 0 Å². The number of halogens is 2. The Bertz CT molecular complexity index is 762. The lowest BCUT2D eigenvalue weighted by Gasteiger charge is -2.32. The highest BCUT2D eigenvalue weighted by Crippen LogP contribution is 2.40. The van der Waals surface area contributed by atoms with Crippen LogP contribution in [0.4, 0.5) is 0 Å². The molecular formula is C23H30Cl2N2O2. The summed E-state index contributed by atoms with van der Waals surface area (Å²) in [5.74, 6) is 0.618. The molecule has 1 heterocycles. The number of benzene rings is 2. The fourth-order valence-electron chi connectivity index (χ4n) is 4.17. The van der Waals surface area contributed by atoms with Gasteiger partial charge < -0.3 is 10.4 Å². The standard InChI is InChI=1S/C23H28N2O2.2ClH/c26-23(27)20-8-6-18(7-9-20)16-25-12-10-17(11-13-25)15-24-22-14-21(22)19-4-2-1-3-5-19;;/h1-9,17,21-22,24H,10-16H2,(H,26,27);2*1H/t21-,22+;;/m1../s1. The highest BCUT2D eigenvalue weighted by molar-refractivity contribution is 5.87. The van der Waals surface area contributed by atoms with Crippen molar-refractivity contribution in [1.82, 2.24) is 10.2 Å². The van der Waals surface area contributed by atoms with Crippen molar-refractivity contribution < 1.29 is 9.90 Å². The summed E-state index contributed by atoms with van der Waals surface area (Å²) < 4.78 is 0. The molecule has 0 bridgehead atoms. The Hall–Kier alpha value is -1.59. The van der Waals surface area contributed by atoms with Crippen LogP contribution in [0, 0.1) is 5.92 Å². The minimum Gasteiger partial charge on any atom is -0.478 e. The summed E-state index contributed by atoms with van der Waals surface area (Å²) in [6, 6.07) is 18.8. The molecule has 0 radical (unpaired) electrons. The second-order valence-corrected chi connectivity index (χ2v) is 7.99. The predicted octanol–water partition coefficient (Wildman–Crippen LogP) is 4.59. The summed E-state index contributed by atoms with van der Waals surface area (Å²) in [4.78, 5) is 13.4. The molecule has 2 aromatic carbocycles. The van der Waals surface area contributed by atoms with Gasteiger partial charge in [-0.05, 0) is 68.1 Å². The lowest BCUT2D eigenvalue weighted by atomic mass is 9.96. The van der Waals surface area contributed by atoms with E-state index in [1.54, 1.807) is 12.1 Å². The largest absolute Gasteiger partial charge is 0.478 e. The third-order valence-corrected chi connectivity index (χ3v) is 6.00. The smallest absolute Gasteiger partial charge is 0.335 e. The molecule has 2 fully saturated rings. The Morgan fingerprint density at radius 1 is 1.00 bits per heavy atom. The number of nitrogens with one attached hydrogen (secondary N) is 1. The third-order valence-electron chi connectivity index (χ3n) is 6.00. The van der Waals surface area contributed by atoms with Crippen LogP contribution in [-0.2, 0) is 6.54 Å². The first-order valence-electron chi connectivity index (χ1n) is 10.0. The molecular weight excluding hydrogens is 407 g/mol. The van der Waals surface area contributed by atoms with Gasteiger partial charge in [0.05, 0.1) is 5.56 Å². The van der Waals surface area contributed by atoms with Gasteiger partial charge in [-0.25, -0.2) is 4.79 Å². The van der Waals surface area contributed by atoms with Crippen LogP contribution in [0.5, 0.6) is 0 Å². The maximum atomic E-state index is 10.9. The highest BCUT2D eigenvalue weighted by Gasteiger charge is 2.38. The molecule has 29 heavy (non-hydrogen) atoms. The maximum Gasteiger partial charge on any atom is 0.335 e. The molecule has 0 unspecified atom stereocenters. The SMILES string of the molecule is Cl.Cl.O=C(O)c1ccc(CN2CCC(CN[C@H]3C[C@@H]3c3ccccc3)CC2)cc1. The van der Waals surface area contributed by atoms with Gasteiger partial charge in [-0.1, -0.05) is 42.5 Å². The molecule has 2 atom stereocenters. The van der Waals surface area contributed by atoms with Crippen LogP contribution < -0.4 is 5.32 Å². The van der Waals surface area contributed by atoms with E-state index in [0.29, 0.717) is 17.5 Å². The van der Waals surface area contributed by atoms with Crippen molar-refractivity contribution in [2.45, 2.75) is 37.8 Å². The Labute approximate surface area is 185 Å². The second kappa shape index (κ2) is 11.0. The summed E-state index contributed by atoms with van der Waals surface area (Å²) in [5, 5.41) is 12.8. The molecule has 4 nitrogen and oxygen atoms in total. The Balaban J connectivity index is 0.00000150. The molecule has 2 N–H and O–H groups in total. The van der Waals surface area contributed by atoms with E-state index in [4.69, 9.17) is 5.11 Å². The molecule has 1 saturated carbocycles. The van der Waals surface area contributed by atoms with E-state index in [1.807, 2.05) is 12.1 Å².